The summed E-state index contributed by atoms with van der Waals surface area (Å²) in [4.78, 5) is 7.93. The fraction of sp³-hybridized carbons (Fsp3) is 0.118. The minimum absolute atomic E-state index is 0.167. The molecule has 5 nitrogen and oxygen atoms in total. The Morgan fingerprint density at radius 1 is 1.19 bits per heavy atom. The number of methoxy groups -OCH3 is 1. The first kappa shape index (κ1) is 17.9. The van der Waals surface area contributed by atoms with Gasteiger partial charge < -0.3 is 4.74 Å². The van der Waals surface area contributed by atoms with Crippen LogP contribution < -0.4 is 10.2 Å². The van der Waals surface area contributed by atoms with E-state index in [2.05, 4.69) is 20.5 Å². The second kappa shape index (κ2) is 7.17. The van der Waals surface area contributed by atoms with Gasteiger partial charge in [-0.2, -0.15) is 18.3 Å². The molecule has 0 radical (unpaired) electrons. The first-order valence-electron chi connectivity index (χ1n) is 7.33. The number of pyridine rings is 2. The zero-order valence-electron chi connectivity index (χ0n) is 13.4. The minimum Gasteiger partial charge on any atom is -0.497 e. The summed E-state index contributed by atoms with van der Waals surface area (Å²) in [6.45, 7) is 0. The van der Waals surface area contributed by atoms with Crippen LogP contribution in [-0.4, -0.2) is 23.3 Å². The van der Waals surface area contributed by atoms with Crippen LogP contribution >= 0.6 is 11.6 Å². The molecule has 26 heavy (non-hydrogen) atoms. The molecule has 0 aliphatic heterocycles. The second-order valence-electron chi connectivity index (χ2n) is 5.23. The highest BCUT2D eigenvalue weighted by Gasteiger charge is 2.30. The smallest absolute Gasteiger partial charge is 0.417 e. The number of hydrazone groups is 1. The fourth-order valence-corrected chi connectivity index (χ4v) is 2.35. The fourth-order valence-electron chi connectivity index (χ4n) is 2.16. The third-order valence-electron chi connectivity index (χ3n) is 3.48. The molecule has 2 heterocycles. The van der Waals surface area contributed by atoms with E-state index in [-0.39, 0.29) is 11.0 Å². The molecule has 0 bridgehead atoms. The SMILES string of the molecule is COc1ccc2nc(Cl)c(/C=N\Nc3ccc(C(F)(F)F)cn3)cc2c1. The van der Waals surface area contributed by atoms with Gasteiger partial charge in [-0.3, -0.25) is 5.43 Å². The van der Waals surface area contributed by atoms with Gasteiger partial charge >= 0.3 is 6.18 Å². The van der Waals surface area contributed by atoms with Crippen molar-refractivity contribution in [3.8, 4) is 5.75 Å². The molecule has 134 valence electrons. The summed E-state index contributed by atoms with van der Waals surface area (Å²) in [6, 6.07) is 9.25. The van der Waals surface area contributed by atoms with Gasteiger partial charge in [0.05, 0.1) is 24.4 Å². The van der Waals surface area contributed by atoms with Crippen molar-refractivity contribution < 1.29 is 17.9 Å². The van der Waals surface area contributed by atoms with Gasteiger partial charge in [-0.1, -0.05) is 11.6 Å². The maximum Gasteiger partial charge on any atom is 0.417 e. The van der Waals surface area contributed by atoms with Crippen LogP contribution in [0.1, 0.15) is 11.1 Å². The van der Waals surface area contributed by atoms with E-state index in [9.17, 15) is 13.2 Å². The lowest BCUT2D eigenvalue weighted by molar-refractivity contribution is -0.137. The first-order valence-corrected chi connectivity index (χ1v) is 7.71. The monoisotopic (exact) mass is 380 g/mol. The summed E-state index contributed by atoms with van der Waals surface area (Å²) >= 11 is 6.13. The Balaban J connectivity index is 1.78. The largest absolute Gasteiger partial charge is 0.497 e. The standard InChI is InChI=1S/C17H12ClF3N4O/c1-26-13-3-4-14-10(7-13)6-11(16(18)24-14)8-23-25-15-5-2-12(9-22-15)17(19,20)21/h2-9H,1H3,(H,22,25)/b23-8-. The Labute approximate surface area is 151 Å². The Morgan fingerprint density at radius 2 is 2.00 bits per heavy atom. The van der Waals surface area contributed by atoms with Gasteiger partial charge in [-0.05, 0) is 36.4 Å². The molecule has 9 heteroatoms. The number of benzene rings is 1. The number of fused-ring (bicyclic) bond motifs is 1. The van der Waals surface area contributed by atoms with Gasteiger partial charge in [0.1, 0.15) is 16.7 Å². The van der Waals surface area contributed by atoms with Crippen LogP contribution in [0.25, 0.3) is 10.9 Å². The normalized spacial score (nSPS) is 11.9. The molecule has 0 amide bonds. The molecule has 0 aliphatic rings. The second-order valence-corrected chi connectivity index (χ2v) is 5.58. The molecule has 0 saturated carbocycles. The van der Waals surface area contributed by atoms with Crippen molar-refractivity contribution in [2.75, 3.05) is 12.5 Å². The van der Waals surface area contributed by atoms with E-state index < -0.39 is 11.7 Å². The number of nitrogens with zero attached hydrogens (tertiary/aromatic N) is 3. The van der Waals surface area contributed by atoms with Crippen molar-refractivity contribution in [2.45, 2.75) is 6.18 Å². The Hall–Kier alpha value is -2.87. The van der Waals surface area contributed by atoms with Gasteiger partial charge in [-0.15, -0.1) is 0 Å². The Morgan fingerprint density at radius 3 is 2.65 bits per heavy atom. The van der Waals surface area contributed by atoms with Gasteiger partial charge in [0.15, 0.2) is 0 Å². The van der Waals surface area contributed by atoms with Crippen LogP contribution in [-0.2, 0) is 6.18 Å². The van der Waals surface area contributed by atoms with Gasteiger partial charge in [0, 0.05) is 17.1 Å². The number of alkyl halides is 3. The summed E-state index contributed by atoms with van der Waals surface area (Å²) in [5.41, 5.74) is 2.95. The van der Waals surface area contributed by atoms with E-state index in [4.69, 9.17) is 16.3 Å². The van der Waals surface area contributed by atoms with Gasteiger partial charge in [-0.25, -0.2) is 9.97 Å². The van der Waals surface area contributed by atoms with Crippen molar-refractivity contribution in [1.29, 1.82) is 0 Å². The maximum absolute atomic E-state index is 12.5. The summed E-state index contributed by atoms with van der Waals surface area (Å²) in [5, 5.41) is 4.99. The lowest BCUT2D eigenvalue weighted by atomic mass is 10.1. The van der Waals surface area contributed by atoms with Crippen molar-refractivity contribution in [3.05, 3.63) is 58.9 Å². The lowest BCUT2D eigenvalue weighted by Gasteiger charge is -2.06. The van der Waals surface area contributed by atoms with Crippen LogP contribution in [0.4, 0.5) is 19.0 Å². The average molecular weight is 381 g/mol. The van der Waals surface area contributed by atoms with E-state index >= 15 is 0 Å². The van der Waals surface area contributed by atoms with Crippen LogP contribution in [0.2, 0.25) is 5.15 Å². The van der Waals surface area contributed by atoms with E-state index in [1.807, 2.05) is 0 Å². The van der Waals surface area contributed by atoms with Crippen LogP contribution in [0, 0.1) is 0 Å². The number of aromatic nitrogens is 2. The number of halogens is 4. The Kier molecular flexibility index (Phi) is 4.94. The molecule has 1 N–H and O–H groups in total. The molecule has 1 aromatic carbocycles. The van der Waals surface area contributed by atoms with Gasteiger partial charge in [0.2, 0.25) is 0 Å². The zero-order chi connectivity index (χ0) is 18.7. The predicted molar refractivity (Wildman–Crippen MR) is 93.8 cm³/mol. The predicted octanol–water partition coefficient (Wildman–Crippen LogP) is 4.76. The van der Waals surface area contributed by atoms with Crippen molar-refractivity contribution in [2.24, 2.45) is 5.10 Å². The molecule has 0 aliphatic carbocycles. The number of hydrogen-bond donors (Lipinski definition) is 1. The number of hydrogen-bond acceptors (Lipinski definition) is 5. The molecular formula is C17H12ClF3N4O. The maximum atomic E-state index is 12.5. The Bertz CT molecular complexity index is 959. The van der Waals surface area contributed by atoms with E-state index in [1.165, 1.54) is 12.3 Å². The average Bonchev–Trinajstić information content (AvgIpc) is 2.61. The van der Waals surface area contributed by atoms with Crippen molar-refractivity contribution >= 4 is 34.5 Å². The topological polar surface area (TPSA) is 59.4 Å². The van der Waals surface area contributed by atoms with Crippen LogP contribution in [0.5, 0.6) is 5.75 Å². The number of rotatable bonds is 4. The quantitative estimate of drug-likeness (QED) is 0.403. The summed E-state index contributed by atoms with van der Waals surface area (Å²) < 4.78 is 42.7. The summed E-state index contributed by atoms with van der Waals surface area (Å²) in [6.07, 6.45) is -2.29. The van der Waals surface area contributed by atoms with E-state index in [0.717, 1.165) is 17.6 Å². The summed E-state index contributed by atoms with van der Waals surface area (Å²) in [5.74, 6) is 0.845. The zero-order valence-corrected chi connectivity index (χ0v) is 14.1. The molecule has 3 rings (SSSR count). The highest BCUT2D eigenvalue weighted by molar-refractivity contribution is 6.32. The molecule has 3 aromatic rings. The third-order valence-corrected chi connectivity index (χ3v) is 3.78. The third kappa shape index (κ3) is 4.02. The number of ether oxygens (including phenoxy) is 1. The highest BCUT2D eigenvalue weighted by atomic mass is 35.5. The van der Waals surface area contributed by atoms with E-state index in [0.29, 0.717) is 16.8 Å². The molecule has 0 atom stereocenters. The molecule has 0 saturated heterocycles. The number of nitrogens with one attached hydrogen (secondary N) is 1. The van der Waals surface area contributed by atoms with Crippen molar-refractivity contribution in [3.63, 3.8) is 0 Å². The van der Waals surface area contributed by atoms with Crippen molar-refractivity contribution in [1.82, 2.24) is 9.97 Å². The molecule has 0 unspecified atom stereocenters. The molecule has 2 aromatic heterocycles. The molecule has 0 fully saturated rings. The minimum atomic E-state index is -4.43. The van der Waals surface area contributed by atoms with Crippen LogP contribution in [0.3, 0.4) is 0 Å². The molecular weight excluding hydrogens is 369 g/mol. The number of anilines is 1. The van der Waals surface area contributed by atoms with Gasteiger partial charge in [0.25, 0.3) is 0 Å². The van der Waals surface area contributed by atoms with E-state index in [1.54, 1.807) is 31.4 Å². The first-order chi connectivity index (χ1) is 12.4. The summed E-state index contributed by atoms with van der Waals surface area (Å²) in [7, 11) is 1.56. The van der Waals surface area contributed by atoms with Crippen LogP contribution in [0.15, 0.2) is 47.7 Å². The lowest BCUT2D eigenvalue weighted by Crippen LogP contribution is -2.05. The highest BCUT2D eigenvalue weighted by Crippen LogP contribution is 2.29. The molecule has 0 spiro atoms.